The van der Waals surface area contributed by atoms with Crippen LogP contribution in [0.25, 0.3) is 11.3 Å². The molecular weight excluding hydrogens is 338 g/mol. The molecule has 3 aromatic rings. The molecule has 0 aliphatic carbocycles. The summed E-state index contributed by atoms with van der Waals surface area (Å²) in [6.45, 7) is 3.62. The number of nitrogens with one attached hydrogen (secondary N) is 1. The van der Waals surface area contributed by atoms with Gasteiger partial charge in [0.05, 0.1) is 24.3 Å². The molecule has 0 aliphatic rings. The zero-order chi connectivity index (χ0) is 17.8. The summed E-state index contributed by atoms with van der Waals surface area (Å²) >= 11 is 1.57. The fraction of sp³-hybridized carbons (Fsp3) is 0.235. The topological polar surface area (TPSA) is 89.8 Å². The molecule has 7 nitrogen and oxygen atoms in total. The zero-order valence-electron chi connectivity index (χ0n) is 13.9. The summed E-state index contributed by atoms with van der Waals surface area (Å²) in [5.41, 5.74) is 3.40. The number of nitrogens with zero attached hydrogens (tertiary/aromatic N) is 4. The first-order chi connectivity index (χ1) is 12.1. The van der Waals surface area contributed by atoms with Crippen molar-refractivity contribution in [3.8, 4) is 11.3 Å². The van der Waals surface area contributed by atoms with E-state index in [4.69, 9.17) is 0 Å². The van der Waals surface area contributed by atoms with Gasteiger partial charge >= 0.3 is 0 Å². The van der Waals surface area contributed by atoms with Gasteiger partial charge in [-0.3, -0.25) is 24.1 Å². The summed E-state index contributed by atoms with van der Waals surface area (Å²) in [6.07, 6.45) is 4.61. The molecule has 3 rings (SSSR count). The lowest BCUT2D eigenvalue weighted by atomic mass is 10.2. The van der Waals surface area contributed by atoms with Crippen molar-refractivity contribution in [2.24, 2.45) is 0 Å². The van der Waals surface area contributed by atoms with Crippen LogP contribution in [0.5, 0.6) is 0 Å². The van der Waals surface area contributed by atoms with Crippen molar-refractivity contribution >= 4 is 17.2 Å². The van der Waals surface area contributed by atoms with E-state index < -0.39 is 0 Å². The first kappa shape index (κ1) is 17.0. The van der Waals surface area contributed by atoms with Gasteiger partial charge in [0.15, 0.2) is 0 Å². The molecule has 0 bridgehead atoms. The molecule has 0 fully saturated rings. The molecule has 0 saturated heterocycles. The van der Waals surface area contributed by atoms with Crippen LogP contribution < -0.4 is 10.9 Å². The van der Waals surface area contributed by atoms with Gasteiger partial charge in [-0.15, -0.1) is 0 Å². The van der Waals surface area contributed by atoms with E-state index in [1.165, 1.54) is 10.9 Å². The SMILES string of the molecule is Cc1ncn(CC(=O)NCc2nccnc2-c2ccsc2)c(=O)c1C. The Labute approximate surface area is 148 Å². The molecule has 0 unspecified atom stereocenters. The number of aryl methyl sites for hydroxylation is 1. The largest absolute Gasteiger partial charge is 0.349 e. The Hall–Kier alpha value is -2.87. The zero-order valence-corrected chi connectivity index (χ0v) is 14.7. The number of rotatable bonds is 5. The van der Waals surface area contributed by atoms with Crippen molar-refractivity contribution in [2.45, 2.75) is 26.9 Å². The van der Waals surface area contributed by atoms with Crippen LogP contribution in [0.1, 0.15) is 17.0 Å². The van der Waals surface area contributed by atoms with Crippen LogP contribution in [0.2, 0.25) is 0 Å². The van der Waals surface area contributed by atoms with Crippen molar-refractivity contribution in [1.82, 2.24) is 24.8 Å². The standard InChI is InChI=1S/C17H17N5O2S/c1-11-12(2)21-10-22(17(11)24)8-15(23)20-7-14-16(19-5-4-18-14)13-3-6-25-9-13/h3-6,9-10H,7-8H2,1-2H3,(H,20,23). The van der Waals surface area contributed by atoms with E-state index in [1.807, 2.05) is 16.8 Å². The highest BCUT2D eigenvalue weighted by atomic mass is 32.1. The molecule has 3 heterocycles. The lowest BCUT2D eigenvalue weighted by Crippen LogP contribution is -2.33. The van der Waals surface area contributed by atoms with E-state index in [0.717, 1.165) is 11.3 Å². The van der Waals surface area contributed by atoms with Gasteiger partial charge in [-0.2, -0.15) is 11.3 Å². The monoisotopic (exact) mass is 355 g/mol. The summed E-state index contributed by atoms with van der Waals surface area (Å²) in [5, 5.41) is 6.73. The molecule has 0 aromatic carbocycles. The van der Waals surface area contributed by atoms with Gasteiger partial charge in [0.2, 0.25) is 5.91 Å². The molecule has 0 spiro atoms. The Balaban J connectivity index is 1.70. The second kappa shape index (κ2) is 7.35. The van der Waals surface area contributed by atoms with Crippen molar-refractivity contribution in [3.63, 3.8) is 0 Å². The molecule has 0 saturated carbocycles. The van der Waals surface area contributed by atoms with Gasteiger partial charge in [-0.05, 0) is 25.3 Å². The van der Waals surface area contributed by atoms with E-state index in [0.29, 0.717) is 17.0 Å². The van der Waals surface area contributed by atoms with Gasteiger partial charge < -0.3 is 5.32 Å². The van der Waals surface area contributed by atoms with Crippen molar-refractivity contribution in [1.29, 1.82) is 0 Å². The smallest absolute Gasteiger partial charge is 0.256 e. The fourth-order valence-corrected chi connectivity index (χ4v) is 2.96. The lowest BCUT2D eigenvalue weighted by Gasteiger charge is -2.10. The predicted octanol–water partition coefficient (Wildman–Crippen LogP) is 1.70. The minimum Gasteiger partial charge on any atom is -0.349 e. The molecule has 0 atom stereocenters. The van der Waals surface area contributed by atoms with Crippen LogP contribution in [-0.2, 0) is 17.9 Å². The minimum atomic E-state index is -0.283. The molecule has 1 N–H and O–H groups in total. The number of carbonyl (C=O) groups is 1. The number of carbonyl (C=O) groups excluding carboxylic acids is 1. The van der Waals surface area contributed by atoms with E-state index in [9.17, 15) is 9.59 Å². The Kier molecular flexibility index (Phi) is 4.99. The third-order valence-corrected chi connectivity index (χ3v) is 4.53. The van der Waals surface area contributed by atoms with Gasteiger partial charge in [0.25, 0.3) is 5.56 Å². The average Bonchev–Trinajstić information content (AvgIpc) is 3.15. The maximum atomic E-state index is 12.2. The Morgan fingerprint density at radius 3 is 2.80 bits per heavy atom. The summed E-state index contributed by atoms with van der Waals surface area (Å²) in [4.78, 5) is 37.1. The van der Waals surface area contributed by atoms with E-state index in [1.54, 1.807) is 37.6 Å². The Bertz CT molecular complexity index is 950. The molecule has 128 valence electrons. The van der Waals surface area contributed by atoms with Crippen molar-refractivity contribution < 1.29 is 4.79 Å². The molecule has 25 heavy (non-hydrogen) atoms. The van der Waals surface area contributed by atoms with Gasteiger partial charge in [0, 0.05) is 34.6 Å². The van der Waals surface area contributed by atoms with Crippen LogP contribution in [0.3, 0.4) is 0 Å². The highest BCUT2D eigenvalue weighted by molar-refractivity contribution is 7.08. The maximum absolute atomic E-state index is 12.2. The van der Waals surface area contributed by atoms with Crippen LogP contribution in [0, 0.1) is 13.8 Å². The van der Waals surface area contributed by atoms with Gasteiger partial charge in [-0.1, -0.05) is 0 Å². The molecule has 0 radical (unpaired) electrons. The molecular formula is C17H17N5O2S. The third-order valence-electron chi connectivity index (χ3n) is 3.85. The summed E-state index contributed by atoms with van der Waals surface area (Å²) < 4.78 is 1.30. The first-order valence-corrected chi connectivity index (χ1v) is 8.62. The minimum absolute atomic E-state index is 0.0823. The highest BCUT2D eigenvalue weighted by Gasteiger charge is 2.11. The van der Waals surface area contributed by atoms with Crippen LogP contribution in [0.4, 0.5) is 0 Å². The summed E-state index contributed by atoms with van der Waals surface area (Å²) in [7, 11) is 0. The first-order valence-electron chi connectivity index (χ1n) is 7.68. The summed E-state index contributed by atoms with van der Waals surface area (Å²) in [6, 6.07) is 1.96. The second-order valence-electron chi connectivity index (χ2n) is 5.53. The number of amides is 1. The van der Waals surface area contributed by atoms with Crippen LogP contribution in [0.15, 0.2) is 40.3 Å². The number of aromatic nitrogens is 4. The van der Waals surface area contributed by atoms with Crippen molar-refractivity contribution in [3.05, 3.63) is 62.9 Å². The molecule has 0 aliphatic heterocycles. The van der Waals surface area contributed by atoms with Crippen LogP contribution in [-0.4, -0.2) is 25.4 Å². The molecule has 1 amide bonds. The highest BCUT2D eigenvalue weighted by Crippen LogP contribution is 2.22. The molecule has 8 heteroatoms. The maximum Gasteiger partial charge on any atom is 0.256 e. The number of thiophene rings is 1. The predicted molar refractivity (Wildman–Crippen MR) is 95.2 cm³/mol. The van der Waals surface area contributed by atoms with Gasteiger partial charge in [0.1, 0.15) is 6.54 Å². The quantitative estimate of drug-likeness (QED) is 0.752. The van der Waals surface area contributed by atoms with E-state index >= 15 is 0 Å². The fourth-order valence-electron chi connectivity index (χ4n) is 2.32. The average molecular weight is 355 g/mol. The normalized spacial score (nSPS) is 10.6. The van der Waals surface area contributed by atoms with E-state index in [-0.39, 0.29) is 24.6 Å². The van der Waals surface area contributed by atoms with Crippen molar-refractivity contribution in [2.75, 3.05) is 0 Å². The number of hydrogen-bond donors (Lipinski definition) is 1. The second-order valence-corrected chi connectivity index (χ2v) is 6.31. The van der Waals surface area contributed by atoms with E-state index in [2.05, 4.69) is 20.3 Å². The Morgan fingerprint density at radius 1 is 1.24 bits per heavy atom. The Morgan fingerprint density at radius 2 is 2.04 bits per heavy atom. The lowest BCUT2D eigenvalue weighted by molar-refractivity contribution is -0.121. The molecule has 3 aromatic heterocycles. The van der Waals surface area contributed by atoms with Crippen LogP contribution >= 0.6 is 11.3 Å². The van der Waals surface area contributed by atoms with Gasteiger partial charge in [-0.25, -0.2) is 4.98 Å². The third kappa shape index (κ3) is 3.80. The number of hydrogen-bond acceptors (Lipinski definition) is 6. The summed E-state index contributed by atoms with van der Waals surface area (Å²) in [5.74, 6) is -0.283.